The van der Waals surface area contributed by atoms with Gasteiger partial charge in [0, 0.05) is 0 Å². The molecule has 1 heterocycles. The summed E-state index contributed by atoms with van der Waals surface area (Å²) in [5, 5.41) is 0. The number of amides is 1. The highest BCUT2D eigenvalue weighted by Gasteiger charge is 2.26. The Hall–Kier alpha value is -3.67. The van der Waals surface area contributed by atoms with Crippen molar-refractivity contribution >= 4 is 23.3 Å². The number of anilines is 2. The Morgan fingerprint density at radius 2 is 1.53 bits per heavy atom. The van der Waals surface area contributed by atoms with Gasteiger partial charge in [0.15, 0.2) is 18.2 Å². The average Bonchev–Trinajstić information content (AvgIpc) is 2.94. The van der Waals surface area contributed by atoms with Crippen molar-refractivity contribution < 1.29 is 23.5 Å². The van der Waals surface area contributed by atoms with Crippen LogP contribution in [-0.2, 0) is 22.4 Å². The van der Waals surface area contributed by atoms with Gasteiger partial charge < -0.3 is 9.47 Å². The van der Waals surface area contributed by atoms with Crippen LogP contribution in [0.3, 0.4) is 0 Å². The smallest absolute Gasteiger partial charge is 0.338 e. The molecule has 1 aliphatic rings. The number of esters is 1. The molecule has 1 amide bonds. The topological polar surface area (TPSA) is 55.8 Å². The largest absolute Gasteiger partial charge is 0.494 e. The van der Waals surface area contributed by atoms with Crippen LogP contribution in [0.2, 0.25) is 0 Å². The molecule has 0 spiro atoms. The summed E-state index contributed by atoms with van der Waals surface area (Å²) in [4.78, 5) is 27.1. The number of carbonyl (C=O) groups is 2. The predicted octanol–water partition coefficient (Wildman–Crippen LogP) is 4.45. The second kappa shape index (κ2) is 8.37. The van der Waals surface area contributed by atoms with Gasteiger partial charge in [-0.3, -0.25) is 9.69 Å². The van der Waals surface area contributed by atoms with Gasteiger partial charge in [-0.1, -0.05) is 36.4 Å². The van der Waals surface area contributed by atoms with Gasteiger partial charge in [0.05, 0.1) is 24.0 Å². The lowest BCUT2D eigenvalue weighted by Crippen LogP contribution is -2.31. The summed E-state index contributed by atoms with van der Waals surface area (Å²) in [6.45, 7) is -0.463. The Morgan fingerprint density at radius 3 is 2.10 bits per heavy atom. The molecule has 3 aromatic carbocycles. The minimum atomic E-state index is -0.777. The van der Waals surface area contributed by atoms with E-state index >= 15 is 0 Å². The van der Waals surface area contributed by atoms with Crippen molar-refractivity contribution in [3.8, 4) is 5.75 Å². The first kappa shape index (κ1) is 19.6. The number of methoxy groups -OCH3 is 1. The molecule has 0 radical (unpaired) electrons. The van der Waals surface area contributed by atoms with Crippen molar-refractivity contribution in [2.45, 2.75) is 12.8 Å². The van der Waals surface area contributed by atoms with E-state index in [1.54, 1.807) is 4.90 Å². The molecule has 152 valence electrons. The molecule has 6 heteroatoms. The van der Waals surface area contributed by atoms with Crippen LogP contribution in [0.15, 0.2) is 66.7 Å². The van der Waals surface area contributed by atoms with Crippen molar-refractivity contribution in [1.29, 1.82) is 0 Å². The Kier molecular flexibility index (Phi) is 5.48. The predicted molar refractivity (Wildman–Crippen MR) is 111 cm³/mol. The van der Waals surface area contributed by atoms with Crippen LogP contribution < -0.4 is 9.64 Å². The Bertz CT molecular complexity index is 1060. The molecular formula is C24H20FNO4. The summed E-state index contributed by atoms with van der Waals surface area (Å²) < 4.78 is 23.9. The van der Waals surface area contributed by atoms with E-state index in [0.29, 0.717) is 0 Å². The molecule has 0 fully saturated rings. The maximum absolute atomic E-state index is 13.9. The second-order valence-corrected chi connectivity index (χ2v) is 6.91. The van der Waals surface area contributed by atoms with E-state index in [1.165, 1.54) is 19.2 Å². The standard InChI is InChI=1S/C24H20FNO4/c1-29-22-13-12-18(14-19(22)25)24(28)30-15-23(27)26-20-8-4-2-6-16(20)10-11-17-7-3-5-9-21(17)26/h2-9,12-14H,10-11,15H2,1H3. The normalized spacial score (nSPS) is 12.4. The first-order valence-electron chi connectivity index (χ1n) is 9.58. The summed E-state index contributed by atoms with van der Waals surface area (Å²) in [7, 11) is 1.34. The quantitative estimate of drug-likeness (QED) is 0.602. The monoisotopic (exact) mass is 405 g/mol. The number of carbonyl (C=O) groups excluding carboxylic acids is 2. The summed E-state index contributed by atoms with van der Waals surface area (Å²) in [6, 6.07) is 19.2. The van der Waals surface area contributed by atoms with E-state index in [2.05, 4.69) is 0 Å². The van der Waals surface area contributed by atoms with Gasteiger partial charge in [-0.15, -0.1) is 0 Å². The van der Waals surface area contributed by atoms with E-state index in [-0.39, 0.29) is 17.2 Å². The zero-order chi connectivity index (χ0) is 21.1. The average molecular weight is 405 g/mol. The zero-order valence-corrected chi connectivity index (χ0v) is 16.4. The molecule has 1 aliphatic heterocycles. The highest BCUT2D eigenvalue weighted by molar-refractivity contribution is 6.04. The van der Waals surface area contributed by atoms with Crippen LogP contribution in [0.25, 0.3) is 0 Å². The minimum Gasteiger partial charge on any atom is -0.494 e. The van der Waals surface area contributed by atoms with Gasteiger partial charge in [-0.05, 0) is 54.3 Å². The number of ether oxygens (including phenoxy) is 2. The van der Waals surface area contributed by atoms with Crippen LogP contribution in [0.5, 0.6) is 5.75 Å². The second-order valence-electron chi connectivity index (χ2n) is 6.91. The Morgan fingerprint density at radius 1 is 0.933 bits per heavy atom. The van der Waals surface area contributed by atoms with Gasteiger partial charge in [-0.25, -0.2) is 9.18 Å². The number of halogens is 1. The van der Waals surface area contributed by atoms with Crippen LogP contribution in [-0.4, -0.2) is 25.6 Å². The molecule has 0 aliphatic carbocycles. The number of nitrogens with zero attached hydrogens (tertiary/aromatic N) is 1. The van der Waals surface area contributed by atoms with Crippen LogP contribution in [0.4, 0.5) is 15.8 Å². The van der Waals surface area contributed by atoms with Crippen molar-refractivity contribution in [3.63, 3.8) is 0 Å². The van der Waals surface area contributed by atoms with Crippen LogP contribution >= 0.6 is 0 Å². The fourth-order valence-corrected chi connectivity index (χ4v) is 3.62. The van der Waals surface area contributed by atoms with Gasteiger partial charge in [0.2, 0.25) is 0 Å². The lowest BCUT2D eigenvalue weighted by atomic mass is 10.0. The number of rotatable bonds is 4. The van der Waals surface area contributed by atoms with Gasteiger partial charge in [0.25, 0.3) is 5.91 Å². The minimum absolute atomic E-state index is 0.0118. The zero-order valence-electron chi connectivity index (χ0n) is 16.4. The van der Waals surface area contributed by atoms with E-state index in [9.17, 15) is 14.0 Å². The SMILES string of the molecule is COc1ccc(C(=O)OCC(=O)N2c3ccccc3CCc3ccccc32)cc1F. The van der Waals surface area contributed by atoms with Crippen LogP contribution in [0.1, 0.15) is 21.5 Å². The first-order valence-corrected chi connectivity index (χ1v) is 9.58. The number of hydrogen-bond acceptors (Lipinski definition) is 4. The molecule has 0 aromatic heterocycles. The maximum Gasteiger partial charge on any atom is 0.338 e. The molecule has 0 unspecified atom stereocenters. The number of hydrogen-bond donors (Lipinski definition) is 0. The first-order chi connectivity index (χ1) is 14.6. The van der Waals surface area contributed by atoms with Gasteiger partial charge >= 0.3 is 5.97 Å². The van der Waals surface area contributed by atoms with Crippen molar-refractivity contribution in [3.05, 3.63) is 89.2 Å². The highest BCUT2D eigenvalue weighted by atomic mass is 19.1. The summed E-state index contributed by atoms with van der Waals surface area (Å²) in [5.41, 5.74) is 3.66. The van der Waals surface area contributed by atoms with Gasteiger partial charge in [-0.2, -0.15) is 0 Å². The van der Waals surface area contributed by atoms with E-state index in [1.807, 2.05) is 48.5 Å². The molecule has 0 atom stereocenters. The Labute approximate surface area is 173 Å². The number of aryl methyl sites for hydroxylation is 2. The fourth-order valence-electron chi connectivity index (χ4n) is 3.62. The van der Waals surface area contributed by atoms with E-state index < -0.39 is 18.4 Å². The molecule has 3 aromatic rings. The maximum atomic E-state index is 13.9. The molecule has 5 nitrogen and oxygen atoms in total. The third kappa shape index (κ3) is 3.76. The highest BCUT2D eigenvalue weighted by Crippen LogP contribution is 2.36. The van der Waals surface area contributed by atoms with Crippen LogP contribution in [0, 0.1) is 5.82 Å². The molecule has 0 bridgehead atoms. The van der Waals surface area contributed by atoms with Crippen molar-refractivity contribution in [2.75, 3.05) is 18.6 Å². The third-order valence-corrected chi connectivity index (χ3v) is 5.09. The number of para-hydroxylation sites is 2. The van der Waals surface area contributed by atoms with E-state index in [0.717, 1.165) is 41.4 Å². The van der Waals surface area contributed by atoms with Crippen molar-refractivity contribution in [2.24, 2.45) is 0 Å². The number of fused-ring (bicyclic) bond motifs is 2. The van der Waals surface area contributed by atoms with Gasteiger partial charge in [0.1, 0.15) is 0 Å². The fraction of sp³-hybridized carbons (Fsp3) is 0.167. The Balaban J connectivity index is 1.57. The van der Waals surface area contributed by atoms with Crippen molar-refractivity contribution in [1.82, 2.24) is 0 Å². The lowest BCUT2D eigenvalue weighted by Gasteiger charge is -2.24. The third-order valence-electron chi connectivity index (χ3n) is 5.09. The summed E-state index contributed by atoms with van der Waals surface area (Å²) in [5.74, 6) is -1.80. The number of benzene rings is 3. The molecular weight excluding hydrogens is 385 g/mol. The van der Waals surface area contributed by atoms with E-state index in [4.69, 9.17) is 9.47 Å². The molecule has 30 heavy (non-hydrogen) atoms. The molecule has 4 rings (SSSR count). The molecule has 0 N–H and O–H groups in total. The molecule has 0 saturated heterocycles. The summed E-state index contributed by atoms with van der Waals surface area (Å²) in [6.07, 6.45) is 1.61. The summed E-state index contributed by atoms with van der Waals surface area (Å²) >= 11 is 0. The lowest BCUT2D eigenvalue weighted by molar-refractivity contribution is -0.120. The molecule has 0 saturated carbocycles.